The molecule has 3 rings (SSSR count). The second-order valence-corrected chi connectivity index (χ2v) is 3.71. The van der Waals surface area contributed by atoms with Crippen LogP contribution in [0.3, 0.4) is 0 Å². The van der Waals surface area contributed by atoms with E-state index in [9.17, 15) is 0 Å². The SMILES string of the molecule is [c]1cc(-c2ccnc(-c3ccccc3)c2)[nH]n1. The van der Waals surface area contributed by atoms with Crippen LogP contribution in [0.2, 0.25) is 0 Å². The van der Waals surface area contributed by atoms with E-state index in [1.54, 1.807) is 6.20 Å². The lowest BCUT2D eigenvalue weighted by molar-refractivity contribution is 1.09. The fraction of sp³-hybridized carbons (Fsp3) is 0. The first kappa shape index (κ1) is 9.78. The van der Waals surface area contributed by atoms with Gasteiger partial charge in [0.1, 0.15) is 6.20 Å². The number of nitrogens with one attached hydrogen (secondary N) is 1. The van der Waals surface area contributed by atoms with E-state index in [0.29, 0.717) is 0 Å². The number of hydrogen-bond acceptors (Lipinski definition) is 2. The summed E-state index contributed by atoms with van der Waals surface area (Å²) in [7, 11) is 0. The van der Waals surface area contributed by atoms with Crippen LogP contribution in [-0.4, -0.2) is 15.2 Å². The third kappa shape index (κ3) is 1.95. The standard InChI is InChI=1S/C14H10N3/c1-2-4-11(5-3-1)14-10-12(6-8-15-14)13-7-9-16-17-13/h1-8,10H,(H,16,17). The molecule has 0 saturated heterocycles. The third-order valence-electron chi connectivity index (χ3n) is 2.59. The predicted molar refractivity (Wildman–Crippen MR) is 66.1 cm³/mol. The number of aromatic nitrogens is 3. The lowest BCUT2D eigenvalue weighted by Gasteiger charge is -2.02. The lowest BCUT2D eigenvalue weighted by Crippen LogP contribution is -1.85. The number of nitrogens with zero attached hydrogens (tertiary/aromatic N) is 2. The highest BCUT2D eigenvalue weighted by molar-refractivity contribution is 5.67. The van der Waals surface area contributed by atoms with Crippen molar-refractivity contribution in [2.24, 2.45) is 0 Å². The van der Waals surface area contributed by atoms with Gasteiger partial charge in [0, 0.05) is 17.3 Å². The Morgan fingerprint density at radius 1 is 1.00 bits per heavy atom. The van der Waals surface area contributed by atoms with E-state index in [2.05, 4.69) is 21.4 Å². The molecule has 0 bridgehead atoms. The van der Waals surface area contributed by atoms with Crippen molar-refractivity contribution in [1.29, 1.82) is 0 Å². The van der Waals surface area contributed by atoms with Gasteiger partial charge in [-0.15, -0.1) is 0 Å². The molecule has 0 amide bonds. The summed E-state index contributed by atoms with van der Waals surface area (Å²) in [6.45, 7) is 0. The quantitative estimate of drug-likeness (QED) is 0.721. The van der Waals surface area contributed by atoms with E-state index >= 15 is 0 Å². The fourth-order valence-corrected chi connectivity index (χ4v) is 1.73. The molecule has 3 aromatic rings. The summed E-state index contributed by atoms with van der Waals surface area (Å²) in [6, 6.07) is 15.9. The van der Waals surface area contributed by atoms with Gasteiger partial charge in [-0.3, -0.25) is 10.1 Å². The largest absolute Gasteiger partial charge is 0.277 e. The number of hydrogen-bond donors (Lipinski definition) is 1. The molecule has 3 nitrogen and oxygen atoms in total. The van der Waals surface area contributed by atoms with Crippen molar-refractivity contribution in [1.82, 2.24) is 15.2 Å². The number of aromatic amines is 1. The van der Waals surface area contributed by atoms with Crippen molar-refractivity contribution in [2.45, 2.75) is 0 Å². The minimum Gasteiger partial charge on any atom is -0.277 e. The molecule has 0 aliphatic rings. The Morgan fingerprint density at radius 2 is 1.88 bits per heavy atom. The molecule has 0 atom stereocenters. The molecular weight excluding hydrogens is 210 g/mol. The molecule has 1 radical (unpaired) electrons. The van der Waals surface area contributed by atoms with E-state index in [1.165, 1.54) is 0 Å². The Morgan fingerprint density at radius 3 is 2.65 bits per heavy atom. The smallest absolute Gasteiger partial charge is 0.113 e. The van der Waals surface area contributed by atoms with Crippen molar-refractivity contribution in [2.75, 3.05) is 0 Å². The first-order chi connectivity index (χ1) is 8.43. The van der Waals surface area contributed by atoms with Gasteiger partial charge in [-0.05, 0) is 18.2 Å². The van der Waals surface area contributed by atoms with Gasteiger partial charge in [-0.1, -0.05) is 30.3 Å². The van der Waals surface area contributed by atoms with Gasteiger partial charge in [0.05, 0.1) is 11.4 Å². The number of pyridine rings is 1. The lowest BCUT2D eigenvalue weighted by atomic mass is 10.1. The zero-order chi connectivity index (χ0) is 11.5. The number of benzene rings is 1. The van der Waals surface area contributed by atoms with Crippen LogP contribution in [0.5, 0.6) is 0 Å². The van der Waals surface area contributed by atoms with Crippen LogP contribution >= 0.6 is 0 Å². The van der Waals surface area contributed by atoms with Crippen molar-refractivity contribution < 1.29 is 0 Å². The van der Waals surface area contributed by atoms with Gasteiger partial charge in [-0.2, -0.15) is 5.10 Å². The highest BCUT2D eigenvalue weighted by Crippen LogP contribution is 2.22. The van der Waals surface area contributed by atoms with Crippen molar-refractivity contribution >= 4 is 0 Å². The molecule has 0 spiro atoms. The second-order valence-electron chi connectivity index (χ2n) is 3.71. The summed E-state index contributed by atoms with van der Waals surface area (Å²) < 4.78 is 0. The molecule has 17 heavy (non-hydrogen) atoms. The number of H-pyrrole nitrogens is 1. The van der Waals surface area contributed by atoms with Gasteiger partial charge >= 0.3 is 0 Å². The molecule has 1 aromatic carbocycles. The molecule has 81 valence electrons. The van der Waals surface area contributed by atoms with Crippen molar-refractivity contribution in [3.05, 3.63) is 60.9 Å². The van der Waals surface area contributed by atoms with E-state index in [1.807, 2.05) is 48.5 Å². The maximum atomic E-state index is 4.38. The van der Waals surface area contributed by atoms with Crippen LogP contribution < -0.4 is 0 Å². The molecule has 0 fully saturated rings. The minimum absolute atomic E-state index is 0.949. The normalized spacial score (nSPS) is 10.4. The molecule has 0 saturated carbocycles. The Labute approximate surface area is 99.2 Å². The topological polar surface area (TPSA) is 41.6 Å². The van der Waals surface area contributed by atoms with Crippen LogP contribution in [0, 0.1) is 6.20 Å². The molecular formula is C14H10N3. The van der Waals surface area contributed by atoms with Crippen molar-refractivity contribution in [3.63, 3.8) is 0 Å². The Bertz CT molecular complexity index is 600. The van der Waals surface area contributed by atoms with Gasteiger partial charge < -0.3 is 0 Å². The van der Waals surface area contributed by atoms with E-state index in [-0.39, 0.29) is 0 Å². The van der Waals surface area contributed by atoms with Gasteiger partial charge in [0.15, 0.2) is 0 Å². The van der Waals surface area contributed by atoms with Gasteiger partial charge in [0.25, 0.3) is 0 Å². The second kappa shape index (κ2) is 4.22. The van der Waals surface area contributed by atoms with Crippen LogP contribution in [0.1, 0.15) is 0 Å². The van der Waals surface area contributed by atoms with E-state index in [4.69, 9.17) is 0 Å². The predicted octanol–water partition coefficient (Wildman–Crippen LogP) is 2.94. The molecule has 2 heterocycles. The van der Waals surface area contributed by atoms with Crippen molar-refractivity contribution in [3.8, 4) is 22.5 Å². The maximum Gasteiger partial charge on any atom is 0.113 e. The van der Waals surface area contributed by atoms with Crippen LogP contribution in [0.15, 0.2) is 54.7 Å². The summed E-state index contributed by atoms with van der Waals surface area (Å²) in [5.41, 5.74) is 4.08. The highest BCUT2D eigenvalue weighted by atomic mass is 15.1. The Hall–Kier alpha value is -2.42. The first-order valence-corrected chi connectivity index (χ1v) is 5.37. The van der Waals surface area contributed by atoms with E-state index < -0.39 is 0 Å². The molecule has 0 aliphatic carbocycles. The van der Waals surface area contributed by atoms with Gasteiger partial charge in [0.2, 0.25) is 0 Å². The average Bonchev–Trinajstić information content (AvgIpc) is 2.94. The minimum atomic E-state index is 0.949. The fourth-order valence-electron chi connectivity index (χ4n) is 1.73. The third-order valence-corrected chi connectivity index (χ3v) is 2.59. The Balaban J connectivity index is 2.06. The van der Waals surface area contributed by atoms with Crippen LogP contribution in [0.4, 0.5) is 0 Å². The highest BCUT2D eigenvalue weighted by Gasteiger charge is 2.02. The number of rotatable bonds is 2. The zero-order valence-electron chi connectivity index (χ0n) is 9.09. The molecule has 0 unspecified atom stereocenters. The summed E-state index contributed by atoms with van der Waals surface area (Å²) >= 11 is 0. The van der Waals surface area contributed by atoms with Crippen LogP contribution in [0.25, 0.3) is 22.5 Å². The summed E-state index contributed by atoms with van der Waals surface area (Å²) in [5.74, 6) is 0. The molecule has 2 aromatic heterocycles. The summed E-state index contributed by atoms with van der Waals surface area (Å²) in [5, 5.41) is 6.73. The zero-order valence-corrected chi connectivity index (χ0v) is 9.09. The first-order valence-electron chi connectivity index (χ1n) is 5.37. The van der Waals surface area contributed by atoms with Gasteiger partial charge in [-0.25, -0.2) is 0 Å². The summed E-state index contributed by atoms with van der Waals surface area (Å²) in [4.78, 5) is 4.38. The Kier molecular flexibility index (Phi) is 2.43. The molecule has 0 aliphatic heterocycles. The molecule has 1 N–H and O–H groups in total. The van der Waals surface area contributed by atoms with E-state index in [0.717, 1.165) is 22.5 Å². The molecule has 3 heteroatoms. The average molecular weight is 220 g/mol. The van der Waals surface area contributed by atoms with Crippen LogP contribution in [-0.2, 0) is 0 Å². The monoisotopic (exact) mass is 220 g/mol. The maximum absolute atomic E-state index is 4.38. The summed E-state index contributed by atoms with van der Waals surface area (Å²) in [6.07, 6.45) is 4.57.